The maximum atomic E-state index is 12.8. The zero-order valence-electron chi connectivity index (χ0n) is 12.3. The number of pyridine rings is 2. The predicted molar refractivity (Wildman–Crippen MR) is 87.4 cm³/mol. The van der Waals surface area contributed by atoms with Crippen LogP contribution in [0.3, 0.4) is 0 Å². The van der Waals surface area contributed by atoms with E-state index in [9.17, 15) is 4.79 Å². The molecule has 1 N–H and O–H groups in total. The second-order valence-electron chi connectivity index (χ2n) is 5.24. The molecule has 0 saturated heterocycles. The number of aliphatic hydroxyl groups is 1. The third kappa shape index (κ3) is 2.78. The molecule has 0 radical (unpaired) electrons. The second kappa shape index (κ2) is 6.54. The second-order valence-corrected chi connectivity index (χ2v) is 5.24. The van der Waals surface area contributed by atoms with Crippen molar-refractivity contribution in [3.8, 4) is 5.69 Å². The maximum absolute atomic E-state index is 12.8. The summed E-state index contributed by atoms with van der Waals surface area (Å²) in [6.07, 6.45) is 3.87. The number of hydrogen-bond donors (Lipinski definition) is 1. The molecule has 4 nitrogen and oxygen atoms in total. The zero-order valence-corrected chi connectivity index (χ0v) is 12.3. The Kier molecular flexibility index (Phi) is 4.30. The molecular formula is C18H18N2O2. The zero-order chi connectivity index (χ0) is 15.4. The van der Waals surface area contributed by atoms with Crippen LogP contribution in [0.2, 0.25) is 0 Å². The molecule has 3 rings (SSSR count). The largest absolute Gasteiger partial charge is 0.396 e. The minimum atomic E-state index is -0.0321. The van der Waals surface area contributed by atoms with Gasteiger partial charge in [0.05, 0.1) is 5.69 Å². The highest BCUT2D eigenvalue weighted by Crippen LogP contribution is 2.16. The molecule has 0 bridgehead atoms. The number of rotatable bonds is 5. The van der Waals surface area contributed by atoms with Crippen LogP contribution < -0.4 is 5.56 Å². The van der Waals surface area contributed by atoms with Crippen molar-refractivity contribution in [1.82, 2.24) is 9.55 Å². The highest BCUT2D eigenvalue weighted by Gasteiger charge is 2.11. The molecule has 2 heterocycles. The molecule has 0 saturated carbocycles. The standard InChI is InChI=1S/C18H18N2O2/c21-12-5-4-7-15-13-14-8-6-11-19-17(14)20(18(15)22)16-9-2-1-3-10-16/h1-3,6,8-11,13,21H,4-5,7,12H2. The molecule has 0 aliphatic rings. The van der Waals surface area contributed by atoms with Gasteiger partial charge < -0.3 is 5.11 Å². The molecule has 0 aliphatic carbocycles. The number of fused-ring (bicyclic) bond motifs is 1. The molecule has 2 aromatic heterocycles. The molecule has 0 fully saturated rings. The molecular weight excluding hydrogens is 276 g/mol. The molecule has 112 valence electrons. The topological polar surface area (TPSA) is 55.1 Å². The SMILES string of the molecule is O=c1c(CCCCO)cc2cccnc2n1-c1ccccc1. The monoisotopic (exact) mass is 294 g/mol. The first-order valence-corrected chi connectivity index (χ1v) is 7.47. The highest BCUT2D eigenvalue weighted by atomic mass is 16.2. The number of nitrogens with zero attached hydrogens (tertiary/aromatic N) is 2. The minimum Gasteiger partial charge on any atom is -0.396 e. The summed E-state index contributed by atoms with van der Waals surface area (Å²) >= 11 is 0. The summed E-state index contributed by atoms with van der Waals surface area (Å²) in [6, 6.07) is 15.3. The average molecular weight is 294 g/mol. The van der Waals surface area contributed by atoms with Gasteiger partial charge in [-0.3, -0.25) is 9.36 Å². The van der Waals surface area contributed by atoms with Gasteiger partial charge in [-0.1, -0.05) is 18.2 Å². The Hall–Kier alpha value is -2.46. The van der Waals surface area contributed by atoms with Crippen molar-refractivity contribution in [2.45, 2.75) is 19.3 Å². The summed E-state index contributed by atoms with van der Waals surface area (Å²) in [5.74, 6) is 0. The van der Waals surface area contributed by atoms with Crippen LogP contribution >= 0.6 is 0 Å². The van der Waals surface area contributed by atoms with Crippen LogP contribution in [0.25, 0.3) is 16.7 Å². The van der Waals surface area contributed by atoms with Gasteiger partial charge in [0.15, 0.2) is 0 Å². The fraction of sp³-hybridized carbons (Fsp3) is 0.222. The van der Waals surface area contributed by atoms with Crippen LogP contribution in [0.15, 0.2) is 59.5 Å². The molecule has 0 aliphatic heterocycles. The van der Waals surface area contributed by atoms with Gasteiger partial charge in [0.2, 0.25) is 0 Å². The molecule has 0 unspecified atom stereocenters. The quantitative estimate of drug-likeness (QED) is 0.736. The van der Waals surface area contributed by atoms with E-state index in [-0.39, 0.29) is 12.2 Å². The van der Waals surface area contributed by atoms with Gasteiger partial charge in [-0.25, -0.2) is 4.98 Å². The normalized spacial score (nSPS) is 11.0. The Labute approximate surface area is 128 Å². The van der Waals surface area contributed by atoms with E-state index in [1.165, 1.54) is 0 Å². The third-order valence-electron chi connectivity index (χ3n) is 3.70. The van der Waals surface area contributed by atoms with Gasteiger partial charge in [-0.2, -0.15) is 0 Å². The fourth-order valence-corrected chi connectivity index (χ4v) is 2.62. The Balaban J connectivity index is 2.19. The molecule has 4 heteroatoms. The number of unbranched alkanes of at least 4 members (excludes halogenated alkanes) is 1. The average Bonchev–Trinajstić information content (AvgIpc) is 2.56. The van der Waals surface area contributed by atoms with Crippen LogP contribution in [0.5, 0.6) is 0 Å². The van der Waals surface area contributed by atoms with Crippen LogP contribution in [0, 0.1) is 0 Å². The van der Waals surface area contributed by atoms with Gasteiger partial charge >= 0.3 is 0 Å². The minimum absolute atomic E-state index is 0.0321. The van der Waals surface area contributed by atoms with Gasteiger partial charge in [0.1, 0.15) is 5.65 Å². The van der Waals surface area contributed by atoms with Crippen molar-refractivity contribution in [3.63, 3.8) is 0 Å². The number of benzene rings is 1. The summed E-state index contributed by atoms with van der Waals surface area (Å²) in [5, 5.41) is 9.87. The van der Waals surface area contributed by atoms with E-state index >= 15 is 0 Å². The Bertz CT molecular complexity index is 825. The number of aliphatic hydroxyl groups excluding tert-OH is 1. The highest BCUT2D eigenvalue weighted by molar-refractivity contribution is 5.77. The van der Waals surface area contributed by atoms with Gasteiger partial charge in [0, 0.05) is 23.8 Å². The first-order chi connectivity index (χ1) is 10.8. The smallest absolute Gasteiger partial charge is 0.259 e. The molecule has 1 aromatic carbocycles. The molecule has 3 aromatic rings. The van der Waals surface area contributed by atoms with Crippen LogP contribution in [-0.4, -0.2) is 21.3 Å². The number of aryl methyl sites for hydroxylation is 1. The predicted octanol–water partition coefficient (Wildman–Crippen LogP) is 2.70. The van der Waals surface area contributed by atoms with E-state index in [1.54, 1.807) is 10.8 Å². The van der Waals surface area contributed by atoms with E-state index in [0.29, 0.717) is 18.5 Å². The Morgan fingerprint density at radius 2 is 1.86 bits per heavy atom. The van der Waals surface area contributed by atoms with Gasteiger partial charge in [-0.15, -0.1) is 0 Å². The molecule has 22 heavy (non-hydrogen) atoms. The van der Waals surface area contributed by atoms with E-state index in [0.717, 1.165) is 23.1 Å². The first-order valence-electron chi connectivity index (χ1n) is 7.47. The van der Waals surface area contributed by atoms with E-state index in [2.05, 4.69) is 4.98 Å². The van der Waals surface area contributed by atoms with Crippen molar-refractivity contribution in [2.24, 2.45) is 0 Å². The van der Waals surface area contributed by atoms with E-state index < -0.39 is 0 Å². The molecule has 0 atom stereocenters. The van der Waals surface area contributed by atoms with Crippen molar-refractivity contribution in [3.05, 3.63) is 70.6 Å². The van der Waals surface area contributed by atoms with Gasteiger partial charge in [-0.05, 0) is 49.6 Å². The molecule has 0 amide bonds. The van der Waals surface area contributed by atoms with E-state index in [4.69, 9.17) is 5.11 Å². The lowest BCUT2D eigenvalue weighted by Gasteiger charge is -2.12. The van der Waals surface area contributed by atoms with Crippen molar-refractivity contribution < 1.29 is 5.11 Å². The summed E-state index contributed by atoms with van der Waals surface area (Å²) in [4.78, 5) is 17.2. The van der Waals surface area contributed by atoms with Crippen LogP contribution in [0.4, 0.5) is 0 Å². The Morgan fingerprint density at radius 3 is 2.64 bits per heavy atom. The lowest BCUT2D eigenvalue weighted by atomic mass is 10.1. The summed E-state index contributed by atoms with van der Waals surface area (Å²) in [6.45, 7) is 0.155. The number of hydrogen-bond acceptors (Lipinski definition) is 3. The summed E-state index contributed by atoms with van der Waals surface area (Å²) in [7, 11) is 0. The lowest BCUT2D eigenvalue weighted by Crippen LogP contribution is -2.23. The summed E-state index contributed by atoms with van der Waals surface area (Å²) < 4.78 is 1.67. The number of para-hydroxylation sites is 1. The molecule has 0 spiro atoms. The first kappa shape index (κ1) is 14.5. The van der Waals surface area contributed by atoms with E-state index in [1.807, 2.05) is 48.5 Å². The van der Waals surface area contributed by atoms with Crippen LogP contribution in [0.1, 0.15) is 18.4 Å². The van der Waals surface area contributed by atoms with Crippen molar-refractivity contribution >= 4 is 11.0 Å². The summed E-state index contributed by atoms with van der Waals surface area (Å²) in [5.41, 5.74) is 2.22. The van der Waals surface area contributed by atoms with Crippen molar-refractivity contribution in [2.75, 3.05) is 6.61 Å². The maximum Gasteiger partial charge on any atom is 0.259 e. The Morgan fingerprint density at radius 1 is 1.05 bits per heavy atom. The third-order valence-corrected chi connectivity index (χ3v) is 3.70. The van der Waals surface area contributed by atoms with Gasteiger partial charge in [0.25, 0.3) is 5.56 Å². The van der Waals surface area contributed by atoms with Crippen molar-refractivity contribution in [1.29, 1.82) is 0 Å². The number of aromatic nitrogens is 2. The fourth-order valence-electron chi connectivity index (χ4n) is 2.62. The lowest BCUT2D eigenvalue weighted by molar-refractivity contribution is 0.284. The van der Waals surface area contributed by atoms with Crippen LogP contribution in [-0.2, 0) is 6.42 Å².